The molecule has 0 unspecified atom stereocenters. The van der Waals surface area contributed by atoms with Crippen LogP contribution in [0.3, 0.4) is 0 Å². The molecule has 1 heterocycles. The zero-order chi connectivity index (χ0) is 10.4. The minimum atomic E-state index is 0.884. The van der Waals surface area contributed by atoms with E-state index in [-0.39, 0.29) is 0 Å². The molecule has 1 nitrogen and oxygen atoms in total. The van der Waals surface area contributed by atoms with Crippen LogP contribution in [0.15, 0.2) is 29.8 Å². The Hall–Kier alpha value is -0.890. The molecule has 76 valence electrons. The van der Waals surface area contributed by atoms with Gasteiger partial charge in [0, 0.05) is 0 Å². The summed E-state index contributed by atoms with van der Waals surface area (Å²) in [6, 6.07) is 8.13. The zero-order valence-electron chi connectivity index (χ0n) is 9.03. The Morgan fingerprint density at radius 2 is 1.93 bits per heavy atom. The molecule has 0 atom stereocenters. The first-order valence-electron chi connectivity index (χ1n) is 5.02. The molecule has 0 bridgehead atoms. The molecule has 0 N–H and O–H groups in total. The quantitative estimate of drug-likeness (QED) is 0.677. The largest absolute Gasteiger partial charge is 0.245 e. The van der Waals surface area contributed by atoms with Crippen molar-refractivity contribution in [2.24, 2.45) is 5.92 Å². The first-order valence-corrected chi connectivity index (χ1v) is 5.90. The normalized spacial score (nSPS) is 10.0. The summed E-state index contributed by atoms with van der Waals surface area (Å²) in [4.78, 5) is 4.14. The summed E-state index contributed by atoms with van der Waals surface area (Å²) in [6.45, 7) is 6.64. The smallest absolute Gasteiger partial charge is 0.0812 e. The van der Waals surface area contributed by atoms with E-state index < -0.39 is 0 Å². The van der Waals surface area contributed by atoms with Gasteiger partial charge in [-0.2, -0.15) is 0 Å². The maximum atomic E-state index is 4.14. The van der Waals surface area contributed by atoms with Crippen LogP contribution < -0.4 is 0 Å². The monoisotopic (exact) mass is 207 g/mol. The number of hydrogen-bond donors (Lipinski definition) is 0. The van der Waals surface area contributed by atoms with Crippen molar-refractivity contribution < 1.29 is 0 Å². The lowest BCUT2D eigenvalue weighted by Gasteiger charge is -1.90. The van der Waals surface area contributed by atoms with Gasteiger partial charge in [0.05, 0.1) is 15.7 Å². The van der Waals surface area contributed by atoms with E-state index in [0.717, 1.165) is 11.4 Å². The first-order chi connectivity index (χ1) is 6.74. The molecular formula is C12H17NS. The molecule has 2 heteroatoms. The molecule has 0 spiro atoms. The summed E-state index contributed by atoms with van der Waals surface area (Å²) in [5, 5.41) is 0. The van der Waals surface area contributed by atoms with E-state index in [1.807, 2.05) is 23.7 Å². The van der Waals surface area contributed by atoms with Crippen molar-refractivity contribution in [1.82, 2.24) is 4.98 Å². The number of hydrogen-bond acceptors (Lipinski definition) is 2. The van der Waals surface area contributed by atoms with Crippen LogP contribution in [0, 0.1) is 5.92 Å². The maximum Gasteiger partial charge on any atom is 0.0812 e. The van der Waals surface area contributed by atoms with Gasteiger partial charge in [0.1, 0.15) is 0 Å². The van der Waals surface area contributed by atoms with E-state index >= 15 is 0 Å². The molecule has 0 aliphatic carbocycles. The third kappa shape index (κ3) is 3.46. The topological polar surface area (TPSA) is 12.9 Å². The van der Waals surface area contributed by atoms with Crippen molar-refractivity contribution in [1.29, 1.82) is 0 Å². The number of aromatic nitrogens is 1. The summed E-state index contributed by atoms with van der Waals surface area (Å²) in [5.74, 6) is 0.884. The minimum absolute atomic E-state index is 0.884. The lowest BCUT2D eigenvalue weighted by Crippen LogP contribution is -1.77. The fraction of sp³-hybridized carbons (Fsp3) is 0.417. The number of nitrogens with zero attached hydrogens (tertiary/aromatic N) is 1. The van der Waals surface area contributed by atoms with E-state index in [0.29, 0.717) is 0 Å². The molecule has 0 aliphatic heterocycles. The highest BCUT2D eigenvalue weighted by Crippen LogP contribution is 2.15. The van der Waals surface area contributed by atoms with Gasteiger partial charge in [0.15, 0.2) is 0 Å². The Kier molecular flexibility index (Phi) is 4.60. The van der Waals surface area contributed by atoms with Crippen molar-refractivity contribution in [3.8, 4) is 0 Å². The van der Waals surface area contributed by atoms with Gasteiger partial charge in [0.2, 0.25) is 0 Å². The van der Waals surface area contributed by atoms with E-state index in [4.69, 9.17) is 0 Å². The predicted molar refractivity (Wildman–Crippen MR) is 64.7 cm³/mol. The van der Waals surface area contributed by atoms with Gasteiger partial charge in [-0.1, -0.05) is 39.3 Å². The highest BCUT2D eigenvalue weighted by molar-refractivity contribution is 7.16. The van der Waals surface area contributed by atoms with E-state index in [2.05, 4.69) is 31.8 Å². The van der Waals surface area contributed by atoms with E-state index in [1.54, 1.807) is 11.3 Å². The van der Waals surface area contributed by atoms with Crippen molar-refractivity contribution in [2.75, 3.05) is 0 Å². The predicted octanol–water partition coefficient (Wildman–Crippen LogP) is 4.35. The van der Waals surface area contributed by atoms with E-state index in [1.165, 1.54) is 11.1 Å². The van der Waals surface area contributed by atoms with Gasteiger partial charge >= 0.3 is 0 Å². The lowest BCUT2D eigenvalue weighted by atomic mass is 10.2. The highest BCUT2D eigenvalue weighted by Gasteiger charge is 1.89. The van der Waals surface area contributed by atoms with Crippen LogP contribution in [-0.4, -0.2) is 4.98 Å². The average molecular weight is 207 g/mol. The van der Waals surface area contributed by atoms with Gasteiger partial charge in [-0.25, -0.2) is 4.98 Å². The maximum absolute atomic E-state index is 4.14. The van der Waals surface area contributed by atoms with Crippen LogP contribution in [0.25, 0.3) is 10.2 Å². The lowest BCUT2D eigenvalue weighted by molar-refractivity contribution is 0.626. The second-order valence-electron chi connectivity index (χ2n) is 3.62. The molecule has 1 aromatic carbocycles. The molecule has 0 saturated heterocycles. The van der Waals surface area contributed by atoms with Crippen molar-refractivity contribution in [3.63, 3.8) is 0 Å². The fourth-order valence-corrected chi connectivity index (χ4v) is 1.48. The number of benzene rings is 1. The molecule has 2 rings (SSSR count). The Bertz CT molecular complexity index is 335. The minimum Gasteiger partial charge on any atom is -0.245 e. The van der Waals surface area contributed by atoms with Crippen molar-refractivity contribution >= 4 is 21.6 Å². The molecule has 0 aliphatic rings. The number of rotatable bonds is 1. The summed E-state index contributed by atoms with van der Waals surface area (Å²) in [6.07, 6.45) is 1.31. The molecule has 2 aromatic rings. The summed E-state index contributed by atoms with van der Waals surface area (Å²) < 4.78 is 1.26. The molecule has 0 saturated carbocycles. The van der Waals surface area contributed by atoms with Gasteiger partial charge in [-0.15, -0.1) is 11.3 Å². The molecule has 14 heavy (non-hydrogen) atoms. The number of thiazole rings is 1. The molecule has 0 fully saturated rings. The second-order valence-corrected chi connectivity index (χ2v) is 4.51. The molecule has 0 radical (unpaired) electrons. The molecule has 1 aromatic heterocycles. The SMILES string of the molecule is CCC(C)C.c1ccc2scnc2c1. The van der Waals surface area contributed by atoms with Crippen molar-refractivity contribution in [3.05, 3.63) is 29.8 Å². The van der Waals surface area contributed by atoms with Gasteiger partial charge < -0.3 is 0 Å². The van der Waals surface area contributed by atoms with Crippen LogP contribution in [0.4, 0.5) is 0 Å². The van der Waals surface area contributed by atoms with Crippen LogP contribution >= 0.6 is 11.3 Å². The van der Waals surface area contributed by atoms with Gasteiger partial charge in [0.25, 0.3) is 0 Å². The van der Waals surface area contributed by atoms with Crippen LogP contribution in [0.2, 0.25) is 0 Å². The van der Waals surface area contributed by atoms with Crippen LogP contribution in [-0.2, 0) is 0 Å². The first kappa shape index (κ1) is 11.2. The summed E-state index contributed by atoms with van der Waals surface area (Å²) in [7, 11) is 0. The fourth-order valence-electron chi connectivity index (χ4n) is 0.803. The Balaban J connectivity index is 0.000000171. The average Bonchev–Trinajstić information content (AvgIpc) is 2.66. The van der Waals surface area contributed by atoms with Crippen molar-refractivity contribution in [2.45, 2.75) is 27.2 Å². The number of fused-ring (bicyclic) bond motifs is 1. The van der Waals surface area contributed by atoms with Gasteiger partial charge in [-0.3, -0.25) is 0 Å². The zero-order valence-corrected chi connectivity index (χ0v) is 9.84. The van der Waals surface area contributed by atoms with Gasteiger partial charge in [-0.05, 0) is 18.1 Å². The molecule has 0 amide bonds. The van der Waals surface area contributed by atoms with E-state index in [9.17, 15) is 0 Å². The molecular weight excluding hydrogens is 190 g/mol. The van der Waals surface area contributed by atoms with Crippen LogP contribution in [0.1, 0.15) is 27.2 Å². The Morgan fingerprint density at radius 3 is 2.50 bits per heavy atom. The third-order valence-corrected chi connectivity index (χ3v) is 2.86. The Morgan fingerprint density at radius 1 is 1.29 bits per heavy atom. The number of para-hydroxylation sites is 1. The van der Waals surface area contributed by atoms with Crippen LogP contribution in [0.5, 0.6) is 0 Å². The summed E-state index contributed by atoms with van der Waals surface area (Å²) in [5.41, 5.74) is 2.97. The Labute approximate surface area is 89.8 Å². The third-order valence-electron chi connectivity index (χ3n) is 2.05. The standard InChI is InChI=1S/C7H5NS.C5H12/c1-2-4-7-6(3-1)8-5-9-7;1-4-5(2)3/h1-5H;5H,4H2,1-3H3. The second kappa shape index (κ2) is 5.76. The highest BCUT2D eigenvalue weighted by atomic mass is 32.1. The summed E-state index contributed by atoms with van der Waals surface area (Å²) >= 11 is 1.68.